The lowest BCUT2D eigenvalue weighted by Gasteiger charge is -2.39. The molecular weight excluding hydrogens is 424 g/mol. The first-order valence-corrected chi connectivity index (χ1v) is 14.2. The number of epoxide rings is 2. The van der Waals surface area contributed by atoms with Gasteiger partial charge in [-0.25, -0.2) is 0 Å². The highest BCUT2D eigenvalue weighted by molar-refractivity contribution is 5.85. The number of hydrogen-bond donors (Lipinski definition) is 0. The topological polar surface area (TPSA) is 59.2 Å². The van der Waals surface area contributed by atoms with Crippen LogP contribution in [0.2, 0.25) is 0 Å². The maximum Gasteiger partial charge on any atom is 0.136 e. The van der Waals surface area contributed by atoms with Crippen LogP contribution in [0.25, 0.3) is 0 Å². The minimum atomic E-state index is 0.0175. The van der Waals surface area contributed by atoms with Crippen LogP contribution in [0.3, 0.4) is 0 Å². The van der Waals surface area contributed by atoms with Gasteiger partial charge < -0.3 is 9.47 Å². The molecule has 34 heavy (non-hydrogen) atoms. The largest absolute Gasteiger partial charge is 0.366 e. The van der Waals surface area contributed by atoms with Crippen molar-refractivity contribution in [3.8, 4) is 0 Å². The van der Waals surface area contributed by atoms with E-state index in [1.165, 1.54) is 12.8 Å². The highest BCUT2D eigenvalue weighted by atomic mass is 16.6. The molecule has 0 spiro atoms. The van der Waals surface area contributed by atoms with Gasteiger partial charge in [-0.3, -0.25) is 9.59 Å². The van der Waals surface area contributed by atoms with E-state index in [1.807, 2.05) is 0 Å². The van der Waals surface area contributed by atoms with Crippen molar-refractivity contribution in [2.45, 2.75) is 142 Å². The van der Waals surface area contributed by atoms with Crippen LogP contribution in [-0.4, -0.2) is 35.0 Å². The van der Waals surface area contributed by atoms with Crippen LogP contribution in [0, 0.1) is 34.5 Å². The Morgan fingerprint density at radius 2 is 1.12 bits per heavy atom. The van der Waals surface area contributed by atoms with E-state index in [0.717, 1.165) is 51.4 Å². The standard InChI is InChI=1S/C30H48O4/c1-27(2,21-10-12-29(5)25(15-21)33-29)17-23(31)19-8-7-9-20(14-19)24(32)18-28(3,4)22-11-13-30(6)26(16-22)34-30/h19-22,25-26H,7-18H2,1-6H3. The van der Waals surface area contributed by atoms with Crippen LogP contribution in [0.4, 0.5) is 0 Å². The van der Waals surface area contributed by atoms with E-state index < -0.39 is 0 Å². The van der Waals surface area contributed by atoms with Crippen molar-refractivity contribution in [2.75, 3.05) is 0 Å². The lowest BCUT2D eigenvalue weighted by atomic mass is 9.64. The summed E-state index contributed by atoms with van der Waals surface area (Å²) in [6.45, 7) is 13.6. The Hall–Kier alpha value is -0.740. The van der Waals surface area contributed by atoms with Gasteiger partial charge in [0.2, 0.25) is 0 Å². The molecule has 5 fully saturated rings. The van der Waals surface area contributed by atoms with Gasteiger partial charge in [-0.2, -0.15) is 0 Å². The molecule has 5 rings (SSSR count). The van der Waals surface area contributed by atoms with Crippen LogP contribution >= 0.6 is 0 Å². The molecule has 2 aliphatic heterocycles. The lowest BCUT2D eigenvalue weighted by molar-refractivity contribution is -0.131. The predicted octanol–water partition coefficient (Wildman–Crippen LogP) is 6.68. The third-order valence-corrected chi connectivity index (χ3v) is 11.1. The molecule has 3 aliphatic carbocycles. The quantitative estimate of drug-likeness (QED) is 0.370. The Kier molecular flexibility index (Phi) is 6.16. The van der Waals surface area contributed by atoms with Gasteiger partial charge in [0, 0.05) is 24.7 Å². The maximum atomic E-state index is 13.4. The smallest absolute Gasteiger partial charge is 0.136 e. The molecule has 192 valence electrons. The Morgan fingerprint density at radius 3 is 1.50 bits per heavy atom. The molecule has 3 saturated carbocycles. The zero-order valence-corrected chi connectivity index (χ0v) is 22.6. The molecule has 0 radical (unpaired) electrons. The van der Waals surface area contributed by atoms with Gasteiger partial charge in [-0.1, -0.05) is 34.1 Å². The monoisotopic (exact) mass is 472 g/mol. The van der Waals surface area contributed by atoms with Gasteiger partial charge in [0.1, 0.15) is 11.6 Å². The minimum Gasteiger partial charge on any atom is -0.366 e. The third-order valence-electron chi connectivity index (χ3n) is 11.1. The average Bonchev–Trinajstić information content (AvgIpc) is 3.64. The maximum absolute atomic E-state index is 13.4. The molecule has 2 saturated heterocycles. The van der Waals surface area contributed by atoms with E-state index >= 15 is 0 Å². The van der Waals surface area contributed by atoms with Crippen LogP contribution < -0.4 is 0 Å². The molecule has 0 N–H and O–H groups in total. The molecule has 0 aromatic rings. The summed E-state index contributed by atoms with van der Waals surface area (Å²) < 4.78 is 11.8. The molecular formula is C30H48O4. The van der Waals surface area contributed by atoms with Crippen molar-refractivity contribution < 1.29 is 19.1 Å². The zero-order chi connectivity index (χ0) is 24.5. The Bertz CT molecular complexity index is 764. The number of carbonyl (C=O) groups is 2. The van der Waals surface area contributed by atoms with Gasteiger partial charge >= 0.3 is 0 Å². The molecule has 5 aliphatic rings. The van der Waals surface area contributed by atoms with Crippen molar-refractivity contribution in [2.24, 2.45) is 34.5 Å². The van der Waals surface area contributed by atoms with E-state index in [4.69, 9.17) is 9.47 Å². The number of hydrogen-bond acceptors (Lipinski definition) is 4. The zero-order valence-electron chi connectivity index (χ0n) is 22.6. The number of Topliss-reactive ketones (excluding diaryl/α,β-unsaturated/α-hetero) is 2. The first kappa shape index (κ1) is 24.9. The molecule has 0 bridgehead atoms. The summed E-state index contributed by atoms with van der Waals surface area (Å²) in [5, 5.41) is 0. The molecule has 4 heteroatoms. The van der Waals surface area contributed by atoms with E-state index in [2.05, 4.69) is 41.5 Å². The number of rotatable bonds is 8. The van der Waals surface area contributed by atoms with Gasteiger partial charge in [0.05, 0.1) is 23.4 Å². The summed E-state index contributed by atoms with van der Waals surface area (Å²) in [7, 11) is 0. The Balaban J connectivity index is 1.13. The second-order valence-corrected chi connectivity index (χ2v) is 14.6. The number of ether oxygens (including phenoxy) is 2. The van der Waals surface area contributed by atoms with E-state index in [-0.39, 0.29) is 33.9 Å². The molecule has 8 unspecified atom stereocenters. The summed E-state index contributed by atoms with van der Waals surface area (Å²) in [4.78, 5) is 26.9. The second-order valence-electron chi connectivity index (χ2n) is 14.6. The van der Waals surface area contributed by atoms with E-state index in [1.54, 1.807) is 0 Å². The lowest BCUT2D eigenvalue weighted by Crippen LogP contribution is -2.37. The van der Waals surface area contributed by atoms with Gasteiger partial charge in [0.15, 0.2) is 0 Å². The van der Waals surface area contributed by atoms with Gasteiger partial charge in [0.25, 0.3) is 0 Å². The molecule has 0 amide bonds. The predicted molar refractivity (Wildman–Crippen MR) is 133 cm³/mol. The fourth-order valence-corrected chi connectivity index (χ4v) is 7.96. The molecule has 0 aromatic carbocycles. The molecule has 2 heterocycles. The first-order valence-electron chi connectivity index (χ1n) is 14.2. The van der Waals surface area contributed by atoms with Crippen molar-refractivity contribution in [3.63, 3.8) is 0 Å². The summed E-state index contributed by atoms with van der Waals surface area (Å²) in [6, 6.07) is 0. The van der Waals surface area contributed by atoms with Crippen molar-refractivity contribution in [1.82, 2.24) is 0 Å². The molecule has 4 nitrogen and oxygen atoms in total. The van der Waals surface area contributed by atoms with E-state index in [0.29, 0.717) is 48.5 Å². The fourth-order valence-electron chi connectivity index (χ4n) is 7.96. The highest BCUT2D eigenvalue weighted by Gasteiger charge is 2.58. The van der Waals surface area contributed by atoms with Crippen molar-refractivity contribution in [3.05, 3.63) is 0 Å². The van der Waals surface area contributed by atoms with Crippen molar-refractivity contribution in [1.29, 1.82) is 0 Å². The summed E-state index contributed by atoms with van der Waals surface area (Å²) >= 11 is 0. The minimum absolute atomic E-state index is 0.0175. The van der Waals surface area contributed by atoms with Crippen molar-refractivity contribution >= 4 is 11.6 Å². The second kappa shape index (κ2) is 8.40. The Labute approximate surface area is 207 Å². The average molecular weight is 473 g/mol. The number of carbonyl (C=O) groups excluding carboxylic acids is 2. The van der Waals surface area contributed by atoms with E-state index in [9.17, 15) is 9.59 Å². The fraction of sp³-hybridized carbons (Fsp3) is 0.933. The molecule has 0 aromatic heterocycles. The van der Waals surface area contributed by atoms with Gasteiger partial charge in [-0.15, -0.1) is 0 Å². The summed E-state index contributed by atoms with van der Waals surface area (Å²) in [5.74, 6) is 2.09. The summed E-state index contributed by atoms with van der Waals surface area (Å²) in [6.07, 6.45) is 12.7. The third kappa shape index (κ3) is 4.80. The number of ketones is 2. The van der Waals surface area contributed by atoms with Crippen LogP contribution in [-0.2, 0) is 19.1 Å². The molecule has 8 atom stereocenters. The number of fused-ring (bicyclic) bond motifs is 2. The first-order chi connectivity index (χ1) is 15.8. The van der Waals surface area contributed by atoms with Crippen LogP contribution in [0.1, 0.15) is 119 Å². The highest BCUT2D eigenvalue weighted by Crippen LogP contribution is 2.55. The summed E-state index contributed by atoms with van der Waals surface area (Å²) in [5.41, 5.74) is 0.294. The Morgan fingerprint density at radius 1 is 0.706 bits per heavy atom. The SMILES string of the molecule is CC(C)(CC(=O)C1CCCC(C(=O)CC(C)(C)C2CCC3(C)OC3C2)C1)C1CCC2(C)OC2C1. The van der Waals surface area contributed by atoms with Crippen LogP contribution in [0.15, 0.2) is 0 Å². The van der Waals surface area contributed by atoms with Crippen LogP contribution in [0.5, 0.6) is 0 Å². The normalized spacial score (nSPS) is 44.1. The van der Waals surface area contributed by atoms with Gasteiger partial charge in [-0.05, 0) is 94.3 Å².